The van der Waals surface area contributed by atoms with Crippen molar-refractivity contribution in [3.63, 3.8) is 0 Å². The Labute approximate surface area is 218 Å². The highest BCUT2D eigenvalue weighted by Crippen LogP contribution is 2.28. The van der Waals surface area contributed by atoms with Crippen molar-refractivity contribution in [2.24, 2.45) is 5.92 Å². The number of likely N-dealkylation sites (tertiary alicyclic amines) is 1. The van der Waals surface area contributed by atoms with Crippen LogP contribution >= 0.6 is 0 Å². The first-order valence-electron chi connectivity index (χ1n) is 13.2. The van der Waals surface area contributed by atoms with Gasteiger partial charge in [-0.2, -0.15) is 0 Å². The number of methoxy groups -OCH3 is 1. The molecule has 0 spiro atoms. The van der Waals surface area contributed by atoms with Crippen molar-refractivity contribution in [3.8, 4) is 17.0 Å². The number of carbonyl (C=O) groups excluding carboxylic acids is 2. The molecule has 1 aliphatic rings. The zero-order valence-corrected chi connectivity index (χ0v) is 22.0. The number of benzene rings is 2. The average Bonchev–Trinajstić information content (AvgIpc) is 3.42. The fraction of sp³-hybridized carbons (Fsp3) is 0.433. The summed E-state index contributed by atoms with van der Waals surface area (Å²) in [6.07, 6.45) is 4.84. The molecular weight excluding hydrogens is 466 g/mol. The third-order valence-electron chi connectivity index (χ3n) is 7.18. The highest BCUT2D eigenvalue weighted by Gasteiger charge is 2.31. The number of aromatic nitrogens is 1. The molecule has 4 rings (SSSR count). The average molecular weight is 504 g/mol. The molecule has 0 bridgehead atoms. The second-order valence-corrected chi connectivity index (χ2v) is 9.86. The lowest BCUT2D eigenvalue weighted by atomic mass is 9.99. The Balaban J connectivity index is 1.61. The fourth-order valence-corrected chi connectivity index (χ4v) is 4.93. The molecule has 0 radical (unpaired) electrons. The van der Waals surface area contributed by atoms with Gasteiger partial charge < -0.3 is 20.1 Å². The molecule has 1 fully saturated rings. The van der Waals surface area contributed by atoms with Gasteiger partial charge in [-0.25, -0.2) is 4.98 Å². The first kappa shape index (κ1) is 26.6. The highest BCUT2D eigenvalue weighted by atomic mass is 16.5. The smallest absolute Gasteiger partial charge is 0.252 e. The topological polar surface area (TPSA) is 91.8 Å². The van der Waals surface area contributed by atoms with Crippen LogP contribution < -0.4 is 10.1 Å². The van der Waals surface area contributed by atoms with Gasteiger partial charge in [0.15, 0.2) is 0 Å². The minimum Gasteiger partial charge on any atom is -0.497 e. The molecule has 2 heterocycles. The number of nitrogens with one attached hydrogen (secondary N) is 1. The first-order chi connectivity index (χ1) is 17.9. The van der Waals surface area contributed by atoms with Crippen LogP contribution in [-0.2, 0) is 11.2 Å². The van der Waals surface area contributed by atoms with E-state index in [0.29, 0.717) is 17.8 Å². The van der Waals surface area contributed by atoms with Gasteiger partial charge in [0.05, 0.1) is 42.5 Å². The van der Waals surface area contributed by atoms with E-state index < -0.39 is 0 Å². The largest absolute Gasteiger partial charge is 0.497 e. The van der Waals surface area contributed by atoms with Crippen molar-refractivity contribution in [1.82, 2.24) is 15.2 Å². The van der Waals surface area contributed by atoms with Gasteiger partial charge in [-0.15, -0.1) is 0 Å². The van der Waals surface area contributed by atoms with Crippen LogP contribution in [0.5, 0.6) is 5.75 Å². The number of pyridine rings is 1. The summed E-state index contributed by atoms with van der Waals surface area (Å²) >= 11 is 0. The molecule has 0 aliphatic carbocycles. The second kappa shape index (κ2) is 12.2. The summed E-state index contributed by atoms with van der Waals surface area (Å²) < 4.78 is 5.28. The summed E-state index contributed by atoms with van der Waals surface area (Å²) in [5.74, 6) is 0.111. The number of amides is 2. The van der Waals surface area contributed by atoms with Crippen molar-refractivity contribution in [3.05, 3.63) is 59.7 Å². The number of hydrogen-bond acceptors (Lipinski definition) is 5. The molecule has 2 N–H and O–H groups in total. The van der Waals surface area contributed by atoms with Crippen LogP contribution in [-0.4, -0.2) is 59.7 Å². The minimum atomic E-state index is -0.384. The lowest BCUT2D eigenvalue weighted by Crippen LogP contribution is -2.43. The number of aryl methyl sites for hydroxylation is 1. The first-order valence-corrected chi connectivity index (χ1v) is 13.2. The van der Waals surface area contributed by atoms with Crippen molar-refractivity contribution >= 4 is 22.7 Å². The molecule has 7 heteroatoms. The molecule has 37 heavy (non-hydrogen) atoms. The molecule has 1 aliphatic heterocycles. The maximum absolute atomic E-state index is 13.5. The van der Waals surface area contributed by atoms with E-state index in [1.54, 1.807) is 12.0 Å². The van der Waals surface area contributed by atoms with Gasteiger partial charge in [0.1, 0.15) is 5.75 Å². The number of aliphatic hydroxyl groups is 1. The zero-order valence-electron chi connectivity index (χ0n) is 22.0. The summed E-state index contributed by atoms with van der Waals surface area (Å²) in [5.41, 5.74) is 4.07. The predicted molar refractivity (Wildman–Crippen MR) is 146 cm³/mol. The van der Waals surface area contributed by atoms with Crippen LogP contribution in [0.25, 0.3) is 22.2 Å². The number of fused-ring (bicyclic) bond motifs is 1. The van der Waals surface area contributed by atoms with Crippen molar-refractivity contribution in [2.75, 3.05) is 26.8 Å². The standard InChI is InChI=1S/C30H37N3O4/c1-4-5-7-21-9-14-27-25(16-21)26(17-28(32-27)22-10-12-24(37-3)13-11-22)29(35)31-18-20(2)30(36)33-15-6-8-23(33)19-34/h9-14,16-17,20,23,34H,4-8,15,18-19H2,1-3H3,(H,31,35)/t20?,23-/m1/s1. The van der Waals surface area contributed by atoms with Crippen LogP contribution in [0.3, 0.4) is 0 Å². The van der Waals surface area contributed by atoms with E-state index in [-0.39, 0.29) is 36.9 Å². The van der Waals surface area contributed by atoms with E-state index in [1.165, 1.54) is 5.56 Å². The lowest BCUT2D eigenvalue weighted by molar-refractivity contribution is -0.136. The summed E-state index contributed by atoms with van der Waals surface area (Å²) in [7, 11) is 1.63. The molecule has 7 nitrogen and oxygen atoms in total. The van der Waals surface area contributed by atoms with Crippen LogP contribution in [0.4, 0.5) is 0 Å². The Hall–Kier alpha value is -3.45. The number of nitrogens with zero attached hydrogens (tertiary/aromatic N) is 2. The molecule has 2 aromatic carbocycles. The van der Waals surface area contributed by atoms with Crippen LogP contribution in [0.1, 0.15) is 55.5 Å². The monoisotopic (exact) mass is 503 g/mol. The van der Waals surface area contributed by atoms with Gasteiger partial charge >= 0.3 is 0 Å². The SMILES string of the molecule is CCCCc1ccc2nc(-c3ccc(OC)cc3)cc(C(=O)NCC(C)C(=O)N3CCC[C@@H]3CO)c2c1. The number of hydrogen-bond donors (Lipinski definition) is 2. The lowest BCUT2D eigenvalue weighted by Gasteiger charge is -2.26. The quantitative estimate of drug-likeness (QED) is 0.422. The van der Waals surface area contributed by atoms with Crippen LogP contribution in [0, 0.1) is 5.92 Å². The summed E-state index contributed by atoms with van der Waals surface area (Å²) in [5, 5.41) is 13.4. The number of carbonyl (C=O) groups is 2. The molecule has 1 aromatic heterocycles. The van der Waals surface area contributed by atoms with Crippen molar-refractivity contribution < 1.29 is 19.4 Å². The van der Waals surface area contributed by atoms with Crippen molar-refractivity contribution in [2.45, 2.75) is 52.0 Å². The van der Waals surface area contributed by atoms with E-state index in [1.807, 2.05) is 43.3 Å². The molecule has 1 saturated heterocycles. The fourth-order valence-electron chi connectivity index (χ4n) is 4.93. The minimum absolute atomic E-state index is 0.0255. The zero-order chi connectivity index (χ0) is 26.4. The molecule has 2 atom stereocenters. The molecule has 3 aromatic rings. The molecule has 0 saturated carbocycles. The molecule has 196 valence electrons. The molecule has 2 amide bonds. The molecule has 1 unspecified atom stereocenters. The summed E-state index contributed by atoms with van der Waals surface area (Å²) in [6, 6.07) is 15.4. The third-order valence-corrected chi connectivity index (χ3v) is 7.18. The number of aliphatic hydroxyl groups excluding tert-OH is 1. The van der Waals surface area contributed by atoms with Crippen LogP contribution in [0.15, 0.2) is 48.5 Å². The number of rotatable bonds is 10. The van der Waals surface area contributed by atoms with Crippen LogP contribution in [0.2, 0.25) is 0 Å². The van der Waals surface area contributed by atoms with Gasteiger partial charge in [0, 0.05) is 24.0 Å². The maximum Gasteiger partial charge on any atom is 0.252 e. The van der Waals surface area contributed by atoms with E-state index >= 15 is 0 Å². The Morgan fingerprint density at radius 2 is 1.97 bits per heavy atom. The highest BCUT2D eigenvalue weighted by molar-refractivity contribution is 6.07. The second-order valence-electron chi connectivity index (χ2n) is 9.86. The Morgan fingerprint density at radius 1 is 1.19 bits per heavy atom. The Kier molecular flexibility index (Phi) is 8.77. The normalized spacial score (nSPS) is 16.1. The van der Waals surface area contributed by atoms with Gasteiger partial charge in [0.2, 0.25) is 5.91 Å². The van der Waals surface area contributed by atoms with E-state index in [4.69, 9.17) is 9.72 Å². The third kappa shape index (κ3) is 6.10. The van der Waals surface area contributed by atoms with E-state index in [0.717, 1.165) is 54.3 Å². The number of ether oxygens (including phenoxy) is 1. The van der Waals surface area contributed by atoms with E-state index in [2.05, 4.69) is 24.4 Å². The maximum atomic E-state index is 13.5. The van der Waals surface area contributed by atoms with Crippen molar-refractivity contribution in [1.29, 1.82) is 0 Å². The van der Waals surface area contributed by atoms with Gasteiger partial charge in [0.25, 0.3) is 5.91 Å². The Morgan fingerprint density at radius 3 is 2.68 bits per heavy atom. The van der Waals surface area contributed by atoms with Gasteiger partial charge in [-0.05, 0) is 73.7 Å². The Bertz CT molecular complexity index is 1240. The summed E-state index contributed by atoms with van der Waals surface area (Å²) in [6.45, 7) is 4.84. The molecular formula is C30H37N3O4. The number of unbranched alkanes of at least 4 members (excludes halogenated alkanes) is 1. The van der Waals surface area contributed by atoms with Gasteiger partial charge in [-0.3, -0.25) is 9.59 Å². The summed E-state index contributed by atoms with van der Waals surface area (Å²) in [4.78, 5) is 33.1. The predicted octanol–water partition coefficient (Wildman–Crippen LogP) is 4.60. The van der Waals surface area contributed by atoms with E-state index in [9.17, 15) is 14.7 Å². The van der Waals surface area contributed by atoms with Gasteiger partial charge in [-0.1, -0.05) is 26.3 Å².